The van der Waals surface area contributed by atoms with Crippen LogP contribution in [0.25, 0.3) is 0 Å². The molecule has 0 radical (unpaired) electrons. The lowest BCUT2D eigenvalue weighted by molar-refractivity contribution is 0.415. The lowest BCUT2D eigenvalue weighted by atomic mass is 9.93. The SMILES string of the molecule is COc1ccc(NC2(C#N)CCc3c(F)cccc32)cc1. The van der Waals surface area contributed by atoms with Gasteiger partial charge in [-0.15, -0.1) is 0 Å². The highest BCUT2D eigenvalue weighted by Gasteiger charge is 2.40. The van der Waals surface area contributed by atoms with Gasteiger partial charge in [-0.1, -0.05) is 12.1 Å². The Morgan fingerprint density at radius 1 is 1.24 bits per heavy atom. The first-order valence-electron chi connectivity index (χ1n) is 6.80. The van der Waals surface area contributed by atoms with Gasteiger partial charge >= 0.3 is 0 Å². The average molecular weight is 282 g/mol. The summed E-state index contributed by atoms with van der Waals surface area (Å²) < 4.78 is 19.0. The minimum atomic E-state index is -0.869. The Kier molecular flexibility index (Phi) is 3.26. The minimum Gasteiger partial charge on any atom is -0.497 e. The second-order valence-corrected chi connectivity index (χ2v) is 5.14. The van der Waals surface area contributed by atoms with Crippen molar-refractivity contribution in [1.29, 1.82) is 5.26 Å². The van der Waals surface area contributed by atoms with Gasteiger partial charge in [0.1, 0.15) is 11.6 Å². The van der Waals surface area contributed by atoms with Gasteiger partial charge in [0.15, 0.2) is 5.54 Å². The zero-order valence-electron chi connectivity index (χ0n) is 11.7. The molecule has 1 atom stereocenters. The highest BCUT2D eigenvalue weighted by molar-refractivity contribution is 5.56. The number of anilines is 1. The zero-order chi connectivity index (χ0) is 14.9. The van der Waals surface area contributed by atoms with E-state index in [0.717, 1.165) is 17.0 Å². The molecule has 3 rings (SSSR count). The first kappa shape index (κ1) is 13.4. The average Bonchev–Trinajstić information content (AvgIpc) is 2.89. The number of hydrogen-bond donors (Lipinski definition) is 1. The van der Waals surface area contributed by atoms with Gasteiger partial charge in [-0.25, -0.2) is 4.39 Å². The van der Waals surface area contributed by atoms with Crippen LogP contribution in [0.3, 0.4) is 0 Å². The molecule has 0 saturated heterocycles. The van der Waals surface area contributed by atoms with Gasteiger partial charge in [0.25, 0.3) is 0 Å². The van der Waals surface area contributed by atoms with Crippen molar-refractivity contribution in [3.8, 4) is 11.8 Å². The summed E-state index contributed by atoms with van der Waals surface area (Å²) in [5, 5.41) is 12.9. The van der Waals surface area contributed by atoms with Gasteiger partial charge < -0.3 is 10.1 Å². The van der Waals surface area contributed by atoms with Crippen LogP contribution in [0.15, 0.2) is 42.5 Å². The van der Waals surface area contributed by atoms with E-state index >= 15 is 0 Å². The van der Waals surface area contributed by atoms with Crippen molar-refractivity contribution in [2.45, 2.75) is 18.4 Å². The topological polar surface area (TPSA) is 45.0 Å². The molecule has 1 aliphatic carbocycles. The van der Waals surface area contributed by atoms with Crippen LogP contribution < -0.4 is 10.1 Å². The van der Waals surface area contributed by atoms with Crippen LogP contribution in [-0.2, 0) is 12.0 Å². The molecule has 0 saturated carbocycles. The maximum Gasteiger partial charge on any atom is 0.151 e. The third-order valence-electron chi connectivity index (χ3n) is 3.97. The highest BCUT2D eigenvalue weighted by atomic mass is 19.1. The van der Waals surface area contributed by atoms with E-state index in [1.807, 2.05) is 30.3 Å². The molecule has 1 unspecified atom stereocenters. The monoisotopic (exact) mass is 282 g/mol. The predicted octanol–water partition coefficient (Wildman–Crippen LogP) is 3.61. The number of hydrogen-bond acceptors (Lipinski definition) is 3. The highest BCUT2D eigenvalue weighted by Crippen LogP contribution is 2.40. The number of ether oxygens (including phenoxy) is 1. The van der Waals surface area contributed by atoms with Crippen molar-refractivity contribution in [3.63, 3.8) is 0 Å². The molecular formula is C17H15FN2O. The van der Waals surface area contributed by atoms with Gasteiger partial charge in [0, 0.05) is 5.69 Å². The number of benzene rings is 2. The molecule has 0 heterocycles. The molecule has 3 nitrogen and oxygen atoms in total. The van der Waals surface area contributed by atoms with Crippen molar-refractivity contribution in [3.05, 3.63) is 59.4 Å². The number of methoxy groups -OCH3 is 1. The molecule has 106 valence electrons. The van der Waals surface area contributed by atoms with E-state index < -0.39 is 5.54 Å². The molecule has 0 aromatic heterocycles. The second kappa shape index (κ2) is 5.10. The predicted molar refractivity (Wildman–Crippen MR) is 78.6 cm³/mol. The Labute approximate surface area is 123 Å². The molecule has 21 heavy (non-hydrogen) atoms. The summed E-state index contributed by atoms with van der Waals surface area (Å²) in [5.74, 6) is 0.519. The van der Waals surface area contributed by atoms with E-state index in [-0.39, 0.29) is 5.82 Å². The normalized spacial score (nSPS) is 19.7. The zero-order valence-corrected chi connectivity index (χ0v) is 11.7. The molecule has 0 amide bonds. The molecule has 1 N–H and O–H groups in total. The Bertz CT molecular complexity index is 706. The summed E-state index contributed by atoms with van der Waals surface area (Å²) in [6, 6.07) is 14.6. The van der Waals surface area contributed by atoms with Crippen LogP contribution in [0.4, 0.5) is 10.1 Å². The molecule has 2 aromatic rings. The summed E-state index contributed by atoms with van der Waals surface area (Å²) in [5.41, 5.74) is 1.32. The van der Waals surface area contributed by atoms with Crippen LogP contribution in [0, 0.1) is 17.1 Å². The third kappa shape index (κ3) is 2.21. The summed E-state index contributed by atoms with van der Waals surface area (Å²) >= 11 is 0. The van der Waals surface area contributed by atoms with E-state index in [1.54, 1.807) is 13.2 Å². The minimum absolute atomic E-state index is 0.235. The molecular weight excluding hydrogens is 267 g/mol. The number of rotatable bonds is 3. The van der Waals surface area contributed by atoms with Gasteiger partial charge in [-0.2, -0.15) is 5.26 Å². The number of nitrogens with zero attached hydrogens (tertiary/aromatic N) is 1. The first-order valence-corrected chi connectivity index (χ1v) is 6.80. The van der Waals surface area contributed by atoms with E-state index in [4.69, 9.17) is 4.74 Å². The van der Waals surface area contributed by atoms with Crippen molar-refractivity contribution >= 4 is 5.69 Å². The van der Waals surface area contributed by atoms with Crippen molar-refractivity contribution in [2.75, 3.05) is 12.4 Å². The maximum atomic E-state index is 13.9. The van der Waals surface area contributed by atoms with Gasteiger partial charge in [-0.3, -0.25) is 0 Å². The van der Waals surface area contributed by atoms with E-state index in [2.05, 4.69) is 11.4 Å². The lowest BCUT2D eigenvalue weighted by Crippen LogP contribution is -2.31. The third-order valence-corrected chi connectivity index (χ3v) is 3.97. The molecule has 0 spiro atoms. The number of fused-ring (bicyclic) bond motifs is 1. The summed E-state index contributed by atoms with van der Waals surface area (Å²) in [4.78, 5) is 0. The van der Waals surface area contributed by atoms with E-state index in [1.165, 1.54) is 6.07 Å². The molecule has 0 aliphatic heterocycles. The van der Waals surface area contributed by atoms with E-state index in [9.17, 15) is 9.65 Å². The van der Waals surface area contributed by atoms with Crippen molar-refractivity contribution in [1.82, 2.24) is 0 Å². The fourth-order valence-corrected chi connectivity index (χ4v) is 2.85. The molecule has 0 fully saturated rings. The second-order valence-electron chi connectivity index (χ2n) is 5.14. The molecule has 1 aliphatic rings. The van der Waals surface area contributed by atoms with Crippen LogP contribution in [0.1, 0.15) is 17.5 Å². The Morgan fingerprint density at radius 2 is 2.00 bits per heavy atom. The maximum absolute atomic E-state index is 13.9. The fraction of sp³-hybridized carbons (Fsp3) is 0.235. The van der Waals surface area contributed by atoms with Gasteiger partial charge in [-0.05, 0) is 54.3 Å². The van der Waals surface area contributed by atoms with Crippen LogP contribution in [0.5, 0.6) is 5.75 Å². The molecule has 4 heteroatoms. The van der Waals surface area contributed by atoms with E-state index in [0.29, 0.717) is 18.4 Å². The lowest BCUT2D eigenvalue weighted by Gasteiger charge is -2.25. The largest absolute Gasteiger partial charge is 0.497 e. The van der Waals surface area contributed by atoms with Gasteiger partial charge in [0.05, 0.1) is 13.2 Å². The summed E-state index contributed by atoms with van der Waals surface area (Å²) in [6.45, 7) is 0. The number of nitriles is 1. The number of halogens is 1. The van der Waals surface area contributed by atoms with Crippen LogP contribution in [0.2, 0.25) is 0 Å². The fourth-order valence-electron chi connectivity index (χ4n) is 2.85. The Morgan fingerprint density at radius 3 is 2.67 bits per heavy atom. The van der Waals surface area contributed by atoms with Crippen LogP contribution in [-0.4, -0.2) is 7.11 Å². The van der Waals surface area contributed by atoms with Crippen molar-refractivity contribution < 1.29 is 9.13 Å². The standard InChI is InChI=1S/C17H15FN2O/c1-21-13-7-5-12(6-8-13)20-17(11-19)10-9-14-15(17)3-2-4-16(14)18/h2-8,20H,9-10H2,1H3. The van der Waals surface area contributed by atoms with Gasteiger partial charge in [0.2, 0.25) is 0 Å². The van der Waals surface area contributed by atoms with Crippen LogP contribution >= 0.6 is 0 Å². The molecule has 2 aromatic carbocycles. The van der Waals surface area contributed by atoms with Crippen molar-refractivity contribution in [2.24, 2.45) is 0 Å². The smallest absolute Gasteiger partial charge is 0.151 e. The Hall–Kier alpha value is -2.54. The quantitative estimate of drug-likeness (QED) is 0.935. The Balaban J connectivity index is 1.97. The first-order chi connectivity index (χ1) is 10.2. The molecule has 0 bridgehead atoms. The summed E-state index contributed by atoms with van der Waals surface area (Å²) in [7, 11) is 1.61. The summed E-state index contributed by atoms with van der Waals surface area (Å²) in [6.07, 6.45) is 1.13. The number of nitrogens with one attached hydrogen (secondary N) is 1.